The fourth-order valence-corrected chi connectivity index (χ4v) is 3.62. The minimum absolute atomic E-state index is 0.0687. The number of allylic oxidation sites excluding steroid dienone is 2. The van der Waals surface area contributed by atoms with Crippen molar-refractivity contribution in [2.45, 2.75) is 31.7 Å². The van der Waals surface area contributed by atoms with E-state index in [1.165, 1.54) is 0 Å². The smallest absolute Gasteiger partial charge is 0.305 e. The Morgan fingerprint density at radius 3 is 2.89 bits per heavy atom. The highest BCUT2D eigenvalue weighted by Crippen LogP contribution is 2.25. The lowest BCUT2D eigenvalue weighted by Gasteiger charge is -2.35. The summed E-state index contributed by atoms with van der Waals surface area (Å²) in [7, 11) is 0. The first-order valence-corrected chi connectivity index (χ1v) is 7.58. The minimum atomic E-state index is -0.818. The molecule has 2 atom stereocenters. The van der Waals surface area contributed by atoms with Crippen molar-refractivity contribution in [2.75, 3.05) is 18.1 Å². The number of carboxylic acids is 1. The van der Waals surface area contributed by atoms with Gasteiger partial charge in [-0.2, -0.15) is 11.8 Å². The summed E-state index contributed by atoms with van der Waals surface area (Å²) in [6.45, 7) is 0.692. The highest BCUT2D eigenvalue weighted by atomic mass is 32.2. The number of carbonyl (C=O) groups is 2. The second-order valence-corrected chi connectivity index (χ2v) is 6.03. The van der Waals surface area contributed by atoms with Crippen molar-refractivity contribution in [3.8, 4) is 0 Å². The molecule has 1 heterocycles. The molecule has 1 amide bonds. The zero-order chi connectivity index (χ0) is 13.0. The summed E-state index contributed by atoms with van der Waals surface area (Å²) in [5.74, 6) is 1.33. The number of thioether (sulfide) groups is 1. The van der Waals surface area contributed by atoms with Crippen LogP contribution in [0.5, 0.6) is 0 Å². The molecule has 2 unspecified atom stereocenters. The van der Waals surface area contributed by atoms with Crippen molar-refractivity contribution >= 4 is 23.6 Å². The van der Waals surface area contributed by atoms with E-state index in [-0.39, 0.29) is 18.4 Å². The number of aliphatic carboxylic acids is 1. The maximum Gasteiger partial charge on any atom is 0.305 e. The zero-order valence-electron chi connectivity index (χ0n) is 10.4. The first-order valence-electron chi connectivity index (χ1n) is 6.42. The zero-order valence-corrected chi connectivity index (χ0v) is 11.2. The van der Waals surface area contributed by atoms with Crippen LogP contribution in [-0.4, -0.2) is 46.0 Å². The molecule has 0 aromatic heterocycles. The van der Waals surface area contributed by atoms with Crippen LogP contribution in [0, 0.1) is 5.92 Å². The Bertz CT molecular complexity index is 356. The highest BCUT2D eigenvalue weighted by Gasteiger charge is 2.29. The molecular weight excluding hydrogens is 250 g/mol. The molecular formula is C13H19NO3S. The number of hydrogen-bond donors (Lipinski definition) is 1. The second-order valence-electron chi connectivity index (χ2n) is 4.88. The van der Waals surface area contributed by atoms with Gasteiger partial charge in [-0.3, -0.25) is 9.59 Å². The lowest BCUT2D eigenvalue weighted by molar-refractivity contribution is -0.140. The molecule has 0 bridgehead atoms. The third kappa shape index (κ3) is 3.51. The fourth-order valence-electron chi connectivity index (χ4n) is 2.56. The molecule has 0 aromatic carbocycles. The van der Waals surface area contributed by atoms with E-state index in [1.807, 2.05) is 0 Å². The van der Waals surface area contributed by atoms with E-state index >= 15 is 0 Å². The Hall–Kier alpha value is -0.970. The maximum atomic E-state index is 12.2. The third-order valence-corrected chi connectivity index (χ3v) is 4.60. The molecule has 100 valence electrons. The van der Waals surface area contributed by atoms with Gasteiger partial charge < -0.3 is 10.0 Å². The normalized spacial score (nSPS) is 27.4. The Labute approximate surface area is 111 Å². The number of rotatable bonds is 4. The molecule has 1 saturated heterocycles. The number of amides is 1. The van der Waals surface area contributed by atoms with Crippen molar-refractivity contribution in [1.82, 2.24) is 4.90 Å². The molecule has 18 heavy (non-hydrogen) atoms. The van der Waals surface area contributed by atoms with Gasteiger partial charge in [0.2, 0.25) is 5.91 Å². The molecule has 0 spiro atoms. The number of carbonyl (C=O) groups excluding carboxylic acids is 1. The van der Waals surface area contributed by atoms with Crippen LogP contribution in [0.1, 0.15) is 25.7 Å². The lowest BCUT2D eigenvalue weighted by Crippen LogP contribution is -2.47. The van der Waals surface area contributed by atoms with Gasteiger partial charge in [0.1, 0.15) is 0 Å². The standard InChI is InChI=1S/C13H19NO3S/c15-12(7-10-3-1-2-4-10)14-5-6-18-9-11(14)8-13(16)17/h1,3,10-11H,2,4-9H2,(H,16,17). The van der Waals surface area contributed by atoms with Crippen LogP contribution in [0.2, 0.25) is 0 Å². The number of carboxylic acid groups (broad SMARTS) is 1. The summed E-state index contributed by atoms with van der Waals surface area (Å²) in [5.41, 5.74) is 0. The Balaban J connectivity index is 1.92. The predicted molar refractivity (Wildman–Crippen MR) is 71.6 cm³/mol. The SMILES string of the molecule is O=C(O)CC1CSCCN1C(=O)CC1C=CCC1. The molecule has 1 aliphatic heterocycles. The Morgan fingerprint density at radius 1 is 1.39 bits per heavy atom. The van der Waals surface area contributed by atoms with E-state index in [4.69, 9.17) is 5.11 Å². The van der Waals surface area contributed by atoms with Gasteiger partial charge in [-0.1, -0.05) is 12.2 Å². The molecule has 5 heteroatoms. The molecule has 2 rings (SSSR count). The van der Waals surface area contributed by atoms with Gasteiger partial charge in [0.25, 0.3) is 0 Å². The second kappa shape index (κ2) is 6.27. The van der Waals surface area contributed by atoms with Crippen molar-refractivity contribution in [1.29, 1.82) is 0 Å². The maximum absolute atomic E-state index is 12.2. The average Bonchev–Trinajstić information content (AvgIpc) is 2.81. The monoisotopic (exact) mass is 269 g/mol. The van der Waals surface area contributed by atoms with Gasteiger partial charge in [0, 0.05) is 24.5 Å². The van der Waals surface area contributed by atoms with Crippen molar-refractivity contribution < 1.29 is 14.7 Å². The number of hydrogen-bond acceptors (Lipinski definition) is 3. The molecule has 0 radical (unpaired) electrons. The van der Waals surface area contributed by atoms with Crippen LogP contribution in [0.15, 0.2) is 12.2 Å². The minimum Gasteiger partial charge on any atom is -0.481 e. The van der Waals surface area contributed by atoms with Crippen LogP contribution in [0.3, 0.4) is 0 Å². The van der Waals surface area contributed by atoms with E-state index in [9.17, 15) is 9.59 Å². The molecule has 2 aliphatic rings. The summed E-state index contributed by atoms with van der Waals surface area (Å²) < 4.78 is 0. The molecule has 1 fully saturated rings. The van der Waals surface area contributed by atoms with Crippen molar-refractivity contribution in [2.24, 2.45) is 5.92 Å². The predicted octanol–water partition coefficient (Wildman–Crippen LogP) is 1.76. The quantitative estimate of drug-likeness (QED) is 0.790. The van der Waals surface area contributed by atoms with Gasteiger partial charge in [-0.05, 0) is 18.8 Å². The molecule has 1 aliphatic carbocycles. The van der Waals surface area contributed by atoms with Gasteiger partial charge in [0.05, 0.1) is 12.5 Å². The van der Waals surface area contributed by atoms with Crippen molar-refractivity contribution in [3.63, 3.8) is 0 Å². The van der Waals surface area contributed by atoms with Gasteiger partial charge >= 0.3 is 5.97 Å². The Kier molecular flexibility index (Phi) is 4.69. The number of nitrogens with zero attached hydrogens (tertiary/aromatic N) is 1. The van der Waals surface area contributed by atoms with E-state index in [0.717, 1.165) is 24.3 Å². The van der Waals surface area contributed by atoms with Crippen LogP contribution in [-0.2, 0) is 9.59 Å². The molecule has 4 nitrogen and oxygen atoms in total. The fraction of sp³-hybridized carbons (Fsp3) is 0.692. The van der Waals surface area contributed by atoms with Crippen LogP contribution in [0.4, 0.5) is 0 Å². The van der Waals surface area contributed by atoms with E-state index in [1.54, 1.807) is 16.7 Å². The summed E-state index contributed by atoms with van der Waals surface area (Å²) in [5, 5.41) is 8.89. The van der Waals surface area contributed by atoms with Crippen LogP contribution in [0.25, 0.3) is 0 Å². The summed E-state index contributed by atoms with van der Waals surface area (Å²) in [6.07, 6.45) is 6.96. The van der Waals surface area contributed by atoms with Gasteiger partial charge in [-0.15, -0.1) is 0 Å². The van der Waals surface area contributed by atoms with E-state index in [0.29, 0.717) is 18.9 Å². The summed E-state index contributed by atoms with van der Waals surface area (Å²) in [4.78, 5) is 24.8. The average molecular weight is 269 g/mol. The van der Waals surface area contributed by atoms with Crippen LogP contribution >= 0.6 is 11.8 Å². The van der Waals surface area contributed by atoms with E-state index in [2.05, 4.69) is 12.2 Å². The molecule has 0 aromatic rings. The van der Waals surface area contributed by atoms with Gasteiger partial charge in [0.15, 0.2) is 0 Å². The first kappa shape index (κ1) is 13.5. The third-order valence-electron chi connectivity index (χ3n) is 3.51. The highest BCUT2D eigenvalue weighted by molar-refractivity contribution is 7.99. The summed E-state index contributed by atoms with van der Waals surface area (Å²) >= 11 is 1.74. The van der Waals surface area contributed by atoms with E-state index < -0.39 is 5.97 Å². The topological polar surface area (TPSA) is 57.6 Å². The Morgan fingerprint density at radius 2 is 2.22 bits per heavy atom. The lowest BCUT2D eigenvalue weighted by atomic mass is 10.0. The molecule has 1 N–H and O–H groups in total. The summed E-state index contributed by atoms with van der Waals surface area (Å²) in [6, 6.07) is -0.126. The van der Waals surface area contributed by atoms with Crippen molar-refractivity contribution in [3.05, 3.63) is 12.2 Å². The first-order chi connectivity index (χ1) is 8.66. The van der Waals surface area contributed by atoms with Crippen LogP contribution < -0.4 is 0 Å². The largest absolute Gasteiger partial charge is 0.481 e. The van der Waals surface area contributed by atoms with Gasteiger partial charge in [-0.25, -0.2) is 0 Å². The molecule has 0 saturated carbocycles.